The number of amides is 2. The predicted octanol–water partition coefficient (Wildman–Crippen LogP) is 2.82. The quantitative estimate of drug-likeness (QED) is 0.615. The molecule has 0 unspecified atom stereocenters. The number of hydrogen-bond acceptors (Lipinski definition) is 7. The van der Waals surface area contributed by atoms with Crippen molar-refractivity contribution in [1.29, 1.82) is 0 Å². The van der Waals surface area contributed by atoms with Crippen LogP contribution >= 0.6 is 0 Å². The molecule has 3 heterocycles. The van der Waals surface area contributed by atoms with E-state index in [-0.39, 0.29) is 18.7 Å². The highest BCUT2D eigenvalue weighted by molar-refractivity contribution is 5.83. The predicted molar refractivity (Wildman–Crippen MR) is 126 cm³/mol. The van der Waals surface area contributed by atoms with Crippen molar-refractivity contribution in [2.75, 3.05) is 20.2 Å². The molecule has 34 heavy (non-hydrogen) atoms. The summed E-state index contributed by atoms with van der Waals surface area (Å²) >= 11 is 0. The lowest BCUT2D eigenvalue weighted by Crippen LogP contribution is -2.45. The number of ether oxygens (including phenoxy) is 2. The van der Waals surface area contributed by atoms with E-state index in [0.717, 1.165) is 36.2 Å². The van der Waals surface area contributed by atoms with Gasteiger partial charge in [-0.3, -0.25) is 9.78 Å². The van der Waals surface area contributed by atoms with Gasteiger partial charge in [0.25, 0.3) is 0 Å². The molecule has 10 heteroatoms. The van der Waals surface area contributed by atoms with Crippen molar-refractivity contribution in [3.63, 3.8) is 0 Å². The number of aromatic nitrogens is 3. The van der Waals surface area contributed by atoms with Crippen LogP contribution in [-0.2, 0) is 25.6 Å². The number of aryl methyl sites for hydroxylation is 1. The lowest BCUT2D eigenvalue weighted by Gasteiger charge is -2.33. The third-order valence-corrected chi connectivity index (χ3v) is 5.97. The van der Waals surface area contributed by atoms with Gasteiger partial charge in [-0.2, -0.15) is 0 Å². The van der Waals surface area contributed by atoms with Crippen molar-refractivity contribution in [1.82, 2.24) is 24.8 Å². The number of rotatable bonds is 7. The Labute approximate surface area is 200 Å². The maximum atomic E-state index is 12.8. The van der Waals surface area contributed by atoms with Gasteiger partial charge in [0.05, 0.1) is 18.8 Å². The summed E-state index contributed by atoms with van der Waals surface area (Å²) in [4.78, 5) is 47.5. The number of methoxy groups -OCH3 is 1. The summed E-state index contributed by atoms with van der Waals surface area (Å²) in [5.41, 5.74) is 1.29. The SMILES string of the molecule is COC(=O)[C@H](CCC(=O)N1CCC(Cn2c(C)nc3cnccc32)CC1)NC(=O)OC(C)(C)C. The topological polar surface area (TPSA) is 116 Å². The zero-order valence-corrected chi connectivity index (χ0v) is 20.7. The smallest absolute Gasteiger partial charge is 0.408 e. The third kappa shape index (κ3) is 6.68. The molecule has 0 bridgehead atoms. The molecule has 1 aliphatic rings. The van der Waals surface area contributed by atoms with Crippen LogP contribution in [0.4, 0.5) is 4.79 Å². The molecule has 1 N–H and O–H groups in total. The molecular formula is C24H35N5O5. The van der Waals surface area contributed by atoms with Crippen LogP contribution in [0.5, 0.6) is 0 Å². The maximum Gasteiger partial charge on any atom is 0.408 e. The first-order valence-electron chi connectivity index (χ1n) is 11.7. The van der Waals surface area contributed by atoms with E-state index in [0.29, 0.717) is 19.0 Å². The second-order valence-electron chi connectivity index (χ2n) is 9.72. The number of piperidine rings is 1. The van der Waals surface area contributed by atoms with Crippen molar-refractivity contribution < 1.29 is 23.9 Å². The van der Waals surface area contributed by atoms with Crippen LogP contribution in [0, 0.1) is 12.8 Å². The Morgan fingerprint density at radius 2 is 1.94 bits per heavy atom. The van der Waals surface area contributed by atoms with Gasteiger partial charge < -0.3 is 24.3 Å². The summed E-state index contributed by atoms with van der Waals surface area (Å²) < 4.78 is 12.2. The lowest BCUT2D eigenvalue weighted by atomic mass is 9.96. The number of nitrogens with zero attached hydrogens (tertiary/aromatic N) is 4. The Bertz CT molecular complexity index is 1020. The summed E-state index contributed by atoms with van der Waals surface area (Å²) in [7, 11) is 1.25. The molecule has 1 saturated heterocycles. The van der Waals surface area contributed by atoms with Gasteiger partial charge in [0, 0.05) is 32.3 Å². The number of pyridine rings is 1. The third-order valence-electron chi connectivity index (χ3n) is 5.97. The van der Waals surface area contributed by atoms with E-state index in [1.54, 1.807) is 33.2 Å². The Kier molecular flexibility index (Phi) is 8.11. The molecule has 2 amide bonds. The molecule has 10 nitrogen and oxygen atoms in total. The van der Waals surface area contributed by atoms with Crippen molar-refractivity contribution >= 4 is 29.0 Å². The first kappa shape index (κ1) is 25.5. The fourth-order valence-corrected chi connectivity index (χ4v) is 4.22. The summed E-state index contributed by atoms with van der Waals surface area (Å²) in [6.07, 6.45) is 4.92. The van der Waals surface area contributed by atoms with Crippen molar-refractivity contribution in [2.24, 2.45) is 5.92 Å². The summed E-state index contributed by atoms with van der Waals surface area (Å²) in [6.45, 7) is 9.40. The molecule has 3 rings (SSSR count). The minimum Gasteiger partial charge on any atom is -0.467 e. The maximum absolute atomic E-state index is 12.8. The highest BCUT2D eigenvalue weighted by Gasteiger charge is 2.28. The Hall–Kier alpha value is -3.17. The van der Waals surface area contributed by atoms with Crippen LogP contribution in [0.2, 0.25) is 0 Å². The number of esters is 1. The van der Waals surface area contributed by atoms with Crippen molar-refractivity contribution in [3.8, 4) is 0 Å². The van der Waals surface area contributed by atoms with Gasteiger partial charge in [0.1, 0.15) is 23.0 Å². The van der Waals surface area contributed by atoms with Crippen LogP contribution in [0.3, 0.4) is 0 Å². The standard InChI is InChI=1S/C24H35N5O5/c1-16-26-19-14-25-11-8-20(19)29(16)15-17-9-12-28(13-10-17)21(30)7-6-18(22(31)33-5)27-23(32)34-24(2,3)4/h8,11,14,17-18H,6-7,9-10,12-13,15H2,1-5H3,(H,27,32)/t18-/m0/s1. The molecule has 2 aromatic rings. The fourth-order valence-electron chi connectivity index (χ4n) is 4.22. The van der Waals surface area contributed by atoms with E-state index < -0.39 is 23.7 Å². The average molecular weight is 474 g/mol. The lowest BCUT2D eigenvalue weighted by molar-refractivity contribution is -0.143. The Morgan fingerprint density at radius 3 is 2.59 bits per heavy atom. The van der Waals surface area contributed by atoms with Gasteiger partial charge in [-0.25, -0.2) is 14.6 Å². The van der Waals surface area contributed by atoms with Gasteiger partial charge in [0.15, 0.2) is 0 Å². The van der Waals surface area contributed by atoms with Crippen LogP contribution in [0.15, 0.2) is 18.5 Å². The van der Waals surface area contributed by atoms with E-state index >= 15 is 0 Å². The minimum atomic E-state index is -0.937. The van der Waals surface area contributed by atoms with Gasteiger partial charge >= 0.3 is 12.1 Å². The number of hydrogen-bond donors (Lipinski definition) is 1. The van der Waals surface area contributed by atoms with Gasteiger partial charge in [-0.1, -0.05) is 0 Å². The van der Waals surface area contributed by atoms with E-state index in [4.69, 9.17) is 9.47 Å². The molecule has 0 saturated carbocycles. The van der Waals surface area contributed by atoms with Crippen LogP contribution in [-0.4, -0.2) is 69.2 Å². The second-order valence-corrected chi connectivity index (χ2v) is 9.72. The highest BCUT2D eigenvalue weighted by atomic mass is 16.6. The fraction of sp³-hybridized carbons (Fsp3) is 0.625. The van der Waals surface area contributed by atoms with Crippen LogP contribution < -0.4 is 5.32 Å². The molecule has 1 atom stereocenters. The average Bonchev–Trinajstić information content (AvgIpc) is 3.10. The molecule has 0 aliphatic carbocycles. The summed E-state index contributed by atoms with van der Waals surface area (Å²) in [6, 6.07) is 1.05. The van der Waals surface area contributed by atoms with Crippen LogP contribution in [0.1, 0.15) is 52.3 Å². The normalized spacial score (nSPS) is 15.7. The zero-order valence-electron chi connectivity index (χ0n) is 20.7. The monoisotopic (exact) mass is 473 g/mol. The first-order valence-corrected chi connectivity index (χ1v) is 11.7. The van der Waals surface area contributed by atoms with E-state index in [2.05, 4.69) is 19.9 Å². The molecule has 1 fully saturated rings. The van der Waals surface area contributed by atoms with E-state index in [9.17, 15) is 14.4 Å². The van der Waals surface area contributed by atoms with Crippen molar-refractivity contribution in [2.45, 2.75) is 71.6 Å². The molecule has 2 aromatic heterocycles. The van der Waals surface area contributed by atoms with Gasteiger partial charge in [-0.05, 0) is 58.9 Å². The van der Waals surface area contributed by atoms with E-state index in [1.807, 2.05) is 17.9 Å². The number of fused-ring (bicyclic) bond motifs is 1. The van der Waals surface area contributed by atoms with Gasteiger partial charge in [0.2, 0.25) is 5.91 Å². The molecule has 0 spiro atoms. The molecular weight excluding hydrogens is 438 g/mol. The minimum absolute atomic E-state index is 0.0336. The van der Waals surface area contributed by atoms with E-state index in [1.165, 1.54) is 7.11 Å². The first-order chi connectivity index (χ1) is 16.1. The number of carbonyl (C=O) groups is 3. The largest absolute Gasteiger partial charge is 0.467 e. The Morgan fingerprint density at radius 1 is 1.24 bits per heavy atom. The highest BCUT2D eigenvalue weighted by Crippen LogP contribution is 2.23. The molecule has 186 valence electrons. The second kappa shape index (κ2) is 10.8. The van der Waals surface area contributed by atoms with Gasteiger partial charge in [-0.15, -0.1) is 0 Å². The number of nitrogens with one attached hydrogen (secondary N) is 1. The zero-order chi connectivity index (χ0) is 24.9. The molecule has 0 aromatic carbocycles. The molecule has 1 aliphatic heterocycles. The van der Waals surface area contributed by atoms with Crippen molar-refractivity contribution in [3.05, 3.63) is 24.3 Å². The Balaban J connectivity index is 1.49. The summed E-state index contributed by atoms with van der Waals surface area (Å²) in [5.74, 6) is 0.780. The number of imidazole rings is 1. The number of carbonyl (C=O) groups excluding carboxylic acids is 3. The number of likely N-dealkylation sites (tertiary alicyclic amines) is 1. The molecule has 0 radical (unpaired) electrons. The number of alkyl carbamates (subject to hydrolysis) is 1. The van der Waals surface area contributed by atoms with Crippen LogP contribution in [0.25, 0.3) is 11.0 Å². The summed E-state index contributed by atoms with van der Waals surface area (Å²) in [5, 5.41) is 2.51.